The third-order valence-corrected chi connectivity index (χ3v) is 5.64. The van der Waals surface area contributed by atoms with Crippen molar-refractivity contribution in [1.29, 1.82) is 0 Å². The molecule has 1 unspecified atom stereocenters. The lowest BCUT2D eigenvalue weighted by molar-refractivity contribution is -0.130. The molecule has 1 amide bonds. The van der Waals surface area contributed by atoms with E-state index in [1.807, 2.05) is 49.4 Å². The van der Waals surface area contributed by atoms with Crippen LogP contribution in [0.1, 0.15) is 36.1 Å². The van der Waals surface area contributed by atoms with Crippen LogP contribution in [0.3, 0.4) is 0 Å². The third kappa shape index (κ3) is 3.48. The first-order valence-corrected chi connectivity index (χ1v) is 9.96. The lowest BCUT2D eigenvalue weighted by Gasteiger charge is -2.21. The Balaban J connectivity index is 1.75. The van der Waals surface area contributed by atoms with E-state index in [1.54, 1.807) is 14.2 Å². The zero-order valence-corrected chi connectivity index (χ0v) is 18.0. The van der Waals surface area contributed by atoms with E-state index in [0.29, 0.717) is 23.1 Å². The molecule has 3 aromatic rings. The highest BCUT2D eigenvalue weighted by Gasteiger charge is 2.33. The molecule has 0 fully saturated rings. The molecule has 2 aromatic carbocycles. The van der Waals surface area contributed by atoms with E-state index in [4.69, 9.17) is 21.1 Å². The van der Waals surface area contributed by atoms with Crippen LogP contribution >= 0.6 is 11.6 Å². The number of methoxy groups -OCH3 is 2. The number of hydrogen-bond acceptors (Lipinski definition) is 5. The van der Waals surface area contributed by atoms with Gasteiger partial charge in [-0.3, -0.25) is 4.79 Å². The first-order valence-electron chi connectivity index (χ1n) is 9.58. The van der Waals surface area contributed by atoms with Gasteiger partial charge >= 0.3 is 0 Å². The lowest BCUT2D eigenvalue weighted by Crippen LogP contribution is -2.24. The van der Waals surface area contributed by atoms with Crippen molar-refractivity contribution in [3.8, 4) is 11.5 Å². The summed E-state index contributed by atoms with van der Waals surface area (Å²) in [5.74, 6) is 1.09. The summed E-state index contributed by atoms with van der Waals surface area (Å²) in [4.78, 5) is 17.0. The van der Waals surface area contributed by atoms with Gasteiger partial charge in [-0.25, -0.2) is 9.99 Å². The number of carbonyl (C=O) groups excluding carboxylic acids is 1. The molecular weight excluding hydrogens is 402 g/mol. The average Bonchev–Trinajstić information content (AvgIpc) is 3.19. The molecule has 1 atom stereocenters. The Hall–Kier alpha value is -3.12. The van der Waals surface area contributed by atoms with Crippen molar-refractivity contribution in [3.63, 3.8) is 0 Å². The van der Waals surface area contributed by atoms with Crippen molar-refractivity contribution in [2.45, 2.75) is 26.3 Å². The molecule has 0 saturated heterocycles. The molecule has 0 bridgehead atoms. The van der Waals surface area contributed by atoms with Gasteiger partial charge in [0.25, 0.3) is 0 Å². The predicted octanol–water partition coefficient (Wildman–Crippen LogP) is 4.91. The maximum Gasteiger partial charge on any atom is 0.240 e. The Kier molecular flexibility index (Phi) is 5.35. The molecule has 1 aliphatic heterocycles. The van der Waals surface area contributed by atoms with E-state index in [0.717, 1.165) is 33.3 Å². The summed E-state index contributed by atoms with van der Waals surface area (Å²) in [5.41, 5.74) is 4.33. The Labute approximate surface area is 180 Å². The standard InChI is InChI=1S/C23H22ClN3O3/c1-13-6-5-7-16-10-17(23(24)25-22(13)16)19-12-18(26-27(19)14(2)28)15-8-9-20(29-3)21(11-15)30-4/h5-11,19H,12H2,1-4H3. The summed E-state index contributed by atoms with van der Waals surface area (Å²) in [6.07, 6.45) is 0.522. The van der Waals surface area contributed by atoms with E-state index in [9.17, 15) is 4.79 Å². The van der Waals surface area contributed by atoms with Crippen LogP contribution in [0.2, 0.25) is 5.15 Å². The van der Waals surface area contributed by atoms with Crippen LogP contribution in [0.25, 0.3) is 10.9 Å². The minimum atomic E-state index is -0.324. The Bertz CT molecular complexity index is 1180. The van der Waals surface area contributed by atoms with E-state index in [-0.39, 0.29) is 11.9 Å². The number of hydrogen-bond donors (Lipinski definition) is 0. The van der Waals surface area contributed by atoms with Gasteiger partial charge in [0.15, 0.2) is 11.5 Å². The van der Waals surface area contributed by atoms with Crippen LogP contribution < -0.4 is 9.47 Å². The number of rotatable bonds is 4. The number of halogens is 1. The van der Waals surface area contributed by atoms with Crippen LogP contribution in [-0.2, 0) is 4.79 Å². The van der Waals surface area contributed by atoms with Crippen LogP contribution in [0.5, 0.6) is 11.5 Å². The molecule has 30 heavy (non-hydrogen) atoms. The maximum atomic E-state index is 12.4. The summed E-state index contributed by atoms with van der Waals surface area (Å²) in [6, 6.07) is 13.3. The first-order chi connectivity index (χ1) is 14.4. The number of amides is 1. The molecule has 0 radical (unpaired) electrons. The second-order valence-corrected chi connectivity index (χ2v) is 7.57. The summed E-state index contributed by atoms with van der Waals surface area (Å²) in [7, 11) is 3.18. The number of para-hydroxylation sites is 1. The fourth-order valence-corrected chi connectivity index (χ4v) is 4.07. The van der Waals surface area contributed by atoms with Crippen molar-refractivity contribution in [2.24, 2.45) is 5.10 Å². The van der Waals surface area contributed by atoms with Crippen LogP contribution in [0, 0.1) is 6.92 Å². The minimum absolute atomic E-state index is 0.157. The third-order valence-electron chi connectivity index (χ3n) is 5.34. The number of hydrazone groups is 1. The highest BCUT2D eigenvalue weighted by molar-refractivity contribution is 6.30. The smallest absolute Gasteiger partial charge is 0.240 e. The Morgan fingerprint density at radius 1 is 1.13 bits per heavy atom. The molecular formula is C23H22ClN3O3. The number of ether oxygens (including phenoxy) is 2. The number of fused-ring (bicyclic) bond motifs is 1. The summed E-state index contributed by atoms with van der Waals surface area (Å²) in [6.45, 7) is 3.50. The fourth-order valence-electron chi connectivity index (χ4n) is 3.81. The predicted molar refractivity (Wildman–Crippen MR) is 117 cm³/mol. The quantitative estimate of drug-likeness (QED) is 0.559. The molecule has 154 valence electrons. The van der Waals surface area contributed by atoms with Crippen molar-refractivity contribution in [1.82, 2.24) is 9.99 Å². The molecule has 1 aliphatic rings. The van der Waals surface area contributed by atoms with Gasteiger partial charge in [0, 0.05) is 29.9 Å². The lowest BCUT2D eigenvalue weighted by atomic mass is 9.97. The molecule has 6 nitrogen and oxygen atoms in total. The van der Waals surface area contributed by atoms with Crippen LogP contribution in [0.15, 0.2) is 47.6 Å². The van der Waals surface area contributed by atoms with Gasteiger partial charge in [0.05, 0.1) is 31.5 Å². The highest BCUT2D eigenvalue weighted by Crippen LogP contribution is 2.38. The summed E-state index contributed by atoms with van der Waals surface area (Å²) < 4.78 is 10.7. The van der Waals surface area contributed by atoms with Gasteiger partial charge in [0.2, 0.25) is 5.91 Å². The SMILES string of the molecule is COc1ccc(C2=NN(C(C)=O)C(c3cc4cccc(C)c4nc3Cl)C2)cc1OC. The molecule has 4 rings (SSSR count). The zero-order valence-electron chi connectivity index (χ0n) is 17.3. The monoisotopic (exact) mass is 423 g/mol. The number of carbonyl (C=O) groups is 1. The molecule has 0 saturated carbocycles. The molecule has 7 heteroatoms. The molecule has 1 aromatic heterocycles. The van der Waals surface area contributed by atoms with Gasteiger partial charge in [-0.1, -0.05) is 29.8 Å². The number of nitrogens with zero attached hydrogens (tertiary/aromatic N) is 3. The summed E-state index contributed by atoms with van der Waals surface area (Å²) >= 11 is 6.57. The van der Waals surface area contributed by atoms with E-state index < -0.39 is 0 Å². The van der Waals surface area contributed by atoms with Gasteiger partial charge in [0.1, 0.15) is 5.15 Å². The summed E-state index contributed by atoms with van der Waals surface area (Å²) in [5, 5.41) is 7.46. The number of pyridine rings is 1. The van der Waals surface area contributed by atoms with Crippen molar-refractivity contribution < 1.29 is 14.3 Å². The maximum absolute atomic E-state index is 12.4. The van der Waals surface area contributed by atoms with Crippen molar-refractivity contribution >= 4 is 34.1 Å². The topological polar surface area (TPSA) is 64.0 Å². The second-order valence-electron chi connectivity index (χ2n) is 7.22. The van der Waals surface area contributed by atoms with Gasteiger partial charge in [-0.15, -0.1) is 0 Å². The van der Waals surface area contributed by atoms with E-state index in [2.05, 4.69) is 10.1 Å². The van der Waals surface area contributed by atoms with Gasteiger partial charge < -0.3 is 9.47 Å². The van der Waals surface area contributed by atoms with E-state index >= 15 is 0 Å². The Morgan fingerprint density at radius 3 is 2.60 bits per heavy atom. The van der Waals surface area contributed by atoms with Crippen LogP contribution in [0.4, 0.5) is 0 Å². The minimum Gasteiger partial charge on any atom is -0.493 e. The largest absolute Gasteiger partial charge is 0.493 e. The number of benzene rings is 2. The first kappa shape index (κ1) is 20.2. The number of aromatic nitrogens is 1. The highest BCUT2D eigenvalue weighted by atomic mass is 35.5. The zero-order chi connectivity index (χ0) is 21.4. The van der Waals surface area contributed by atoms with Gasteiger partial charge in [-0.2, -0.15) is 5.10 Å². The second kappa shape index (κ2) is 7.95. The molecule has 0 aliphatic carbocycles. The van der Waals surface area contributed by atoms with Crippen LogP contribution in [-0.4, -0.2) is 35.8 Å². The van der Waals surface area contributed by atoms with Gasteiger partial charge in [-0.05, 0) is 36.8 Å². The Morgan fingerprint density at radius 2 is 1.90 bits per heavy atom. The normalized spacial score (nSPS) is 16.0. The number of aryl methyl sites for hydroxylation is 1. The molecule has 0 N–H and O–H groups in total. The molecule has 0 spiro atoms. The fraction of sp³-hybridized carbons (Fsp3) is 0.261. The average molecular weight is 424 g/mol. The van der Waals surface area contributed by atoms with Crippen molar-refractivity contribution in [2.75, 3.05) is 14.2 Å². The van der Waals surface area contributed by atoms with E-state index in [1.165, 1.54) is 11.9 Å². The molecule has 2 heterocycles. The van der Waals surface area contributed by atoms with Crippen molar-refractivity contribution in [3.05, 3.63) is 64.3 Å².